The summed E-state index contributed by atoms with van der Waals surface area (Å²) in [6.07, 6.45) is 6.04. The largest absolute Gasteiger partial charge is 0.483 e. The number of hydrogen-bond acceptors (Lipinski definition) is 4. The van der Waals surface area contributed by atoms with Gasteiger partial charge < -0.3 is 19.5 Å². The van der Waals surface area contributed by atoms with Crippen molar-refractivity contribution in [2.75, 3.05) is 31.1 Å². The molecule has 3 rings (SSSR count). The lowest BCUT2D eigenvalue weighted by Crippen LogP contribution is -2.44. The van der Waals surface area contributed by atoms with Crippen molar-refractivity contribution in [3.8, 4) is 5.75 Å². The summed E-state index contributed by atoms with van der Waals surface area (Å²) in [6.45, 7) is 5.74. The number of nitrogens with zero attached hydrogens (tertiary/aromatic N) is 2. The Morgan fingerprint density at radius 1 is 1.18 bits per heavy atom. The van der Waals surface area contributed by atoms with E-state index in [4.69, 9.17) is 4.74 Å². The number of aromatic nitrogens is 1. The highest BCUT2D eigenvalue weighted by Gasteiger charge is 2.23. The van der Waals surface area contributed by atoms with E-state index in [1.54, 1.807) is 4.57 Å². The van der Waals surface area contributed by atoms with Gasteiger partial charge in [0.25, 0.3) is 5.56 Å². The molecule has 2 aliphatic rings. The zero-order valence-electron chi connectivity index (χ0n) is 13.7. The molecule has 5 nitrogen and oxygen atoms in total. The Balaban J connectivity index is 1.93. The van der Waals surface area contributed by atoms with Crippen molar-refractivity contribution in [1.82, 2.24) is 9.88 Å². The van der Waals surface area contributed by atoms with E-state index in [2.05, 4.69) is 16.3 Å². The maximum Gasteiger partial charge on any atom is 0.295 e. The molecule has 5 heteroatoms. The van der Waals surface area contributed by atoms with Gasteiger partial charge in [-0.2, -0.15) is 0 Å². The molecule has 1 aromatic heterocycles. The minimum atomic E-state index is -0.000828. The topological polar surface area (TPSA) is 46.5 Å². The first-order chi connectivity index (χ1) is 10.7. The fourth-order valence-electron chi connectivity index (χ4n) is 3.38. The number of hydrogen-bond donors (Lipinski definition) is 1. The normalized spacial score (nSPS) is 20.2. The molecule has 122 valence electrons. The molecule has 0 bridgehead atoms. The Morgan fingerprint density at radius 2 is 1.86 bits per heavy atom. The Hall–Kier alpha value is -1.49. The van der Waals surface area contributed by atoms with Gasteiger partial charge in [-0.3, -0.25) is 4.79 Å². The van der Waals surface area contributed by atoms with Crippen LogP contribution < -0.4 is 20.5 Å². The lowest BCUT2D eigenvalue weighted by Gasteiger charge is -2.32. The highest BCUT2D eigenvalue weighted by molar-refractivity contribution is 5.59. The zero-order chi connectivity index (χ0) is 15.5. The van der Waals surface area contributed by atoms with Crippen LogP contribution >= 0.6 is 0 Å². The molecule has 0 atom stereocenters. The maximum atomic E-state index is 12.7. The molecular formula is C17H27N3O2. The van der Waals surface area contributed by atoms with Gasteiger partial charge in [0.1, 0.15) is 0 Å². The van der Waals surface area contributed by atoms with Gasteiger partial charge >= 0.3 is 0 Å². The third kappa shape index (κ3) is 3.14. The first-order valence-corrected chi connectivity index (χ1v) is 8.50. The minimum absolute atomic E-state index is 0.000828. The quantitative estimate of drug-likeness (QED) is 0.925. The van der Waals surface area contributed by atoms with Crippen LogP contribution in [0.15, 0.2) is 10.9 Å². The molecule has 1 N–H and O–H groups in total. The van der Waals surface area contributed by atoms with Crippen LogP contribution in [-0.2, 0) is 7.05 Å². The molecule has 1 aliphatic heterocycles. The third-order valence-electron chi connectivity index (χ3n) is 4.90. The van der Waals surface area contributed by atoms with E-state index in [0.717, 1.165) is 50.4 Å². The number of aryl methyl sites for hydroxylation is 1. The van der Waals surface area contributed by atoms with Crippen molar-refractivity contribution in [2.45, 2.75) is 45.1 Å². The number of pyridine rings is 1. The minimum Gasteiger partial charge on any atom is -0.483 e. The highest BCUT2D eigenvalue weighted by Crippen LogP contribution is 2.30. The molecule has 2 fully saturated rings. The average Bonchev–Trinajstić information content (AvgIpc) is 2.57. The number of ether oxygens (including phenoxy) is 1. The SMILES string of the molecule is Cc1cc(N2CCNCC2)c(OC2CCCCC2)c(=O)n1C. The Morgan fingerprint density at radius 3 is 2.55 bits per heavy atom. The fourth-order valence-corrected chi connectivity index (χ4v) is 3.38. The zero-order valence-corrected chi connectivity index (χ0v) is 13.7. The van der Waals surface area contributed by atoms with Crippen molar-refractivity contribution in [1.29, 1.82) is 0 Å². The Kier molecular flexibility index (Phi) is 4.71. The van der Waals surface area contributed by atoms with Gasteiger partial charge in [-0.05, 0) is 38.7 Å². The predicted octanol–water partition coefficient (Wildman–Crippen LogP) is 1.81. The summed E-state index contributed by atoms with van der Waals surface area (Å²) >= 11 is 0. The van der Waals surface area contributed by atoms with Gasteiger partial charge in [-0.1, -0.05) is 6.42 Å². The van der Waals surface area contributed by atoms with Crippen molar-refractivity contribution in [3.05, 3.63) is 22.1 Å². The van der Waals surface area contributed by atoms with Crippen LogP contribution in [-0.4, -0.2) is 36.9 Å². The lowest BCUT2D eigenvalue weighted by atomic mass is 9.98. The second kappa shape index (κ2) is 6.73. The smallest absolute Gasteiger partial charge is 0.295 e. The lowest BCUT2D eigenvalue weighted by molar-refractivity contribution is 0.152. The molecule has 1 saturated carbocycles. The van der Waals surface area contributed by atoms with Crippen molar-refractivity contribution in [3.63, 3.8) is 0 Å². The summed E-state index contributed by atoms with van der Waals surface area (Å²) in [5.74, 6) is 0.557. The fraction of sp³-hybridized carbons (Fsp3) is 0.706. The van der Waals surface area contributed by atoms with Crippen molar-refractivity contribution < 1.29 is 4.74 Å². The second-order valence-electron chi connectivity index (χ2n) is 6.48. The average molecular weight is 305 g/mol. The van der Waals surface area contributed by atoms with Gasteiger partial charge in [0.2, 0.25) is 5.75 Å². The van der Waals surface area contributed by atoms with Gasteiger partial charge in [-0.25, -0.2) is 0 Å². The van der Waals surface area contributed by atoms with Crippen molar-refractivity contribution >= 4 is 5.69 Å². The number of rotatable bonds is 3. The first kappa shape index (κ1) is 15.4. The number of nitrogens with one attached hydrogen (secondary N) is 1. The molecule has 0 aromatic carbocycles. The Bertz CT molecular complexity index is 570. The third-order valence-corrected chi connectivity index (χ3v) is 4.90. The highest BCUT2D eigenvalue weighted by atomic mass is 16.5. The van der Waals surface area contributed by atoms with Crippen LogP contribution in [0.5, 0.6) is 5.75 Å². The summed E-state index contributed by atoms with van der Waals surface area (Å²) in [5.41, 5.74) is 1.96. The summed E-state index contributed by atoms with van der Waals surface area (Å²) in [4.78, 5) is 15.0. The van der Waals surface area contributed by atoms with Gasteiger partial charge in [0.15, 0.2) is 0 Å². The molecule has 1 aromatic rings. The number of anilines is 1. The summed E-state index contributed by atoms with van der Waals surface area (Å²) in [6, 6.07) is 2.10. The van der Waals surface area contributed by atoms with Gasteiger partial charge in [0, 0.05) is 38.9 Å². The van der Waals surface area contributed by atoms with E-state index >= 15 is 0 Å². The van der Waals surface area contributed by atoms with E-state index in [0.29, 0.717) is 5.75 Å². The molecule has 1 aliphatic carbocycles. The van der Waals surface area contributed by atoms with Crippen molar-refractivity contribution in [2.24, 2.45) is 7.05 Å². The molecule has 0 spiro atoms. The Labute approximate surface area is 132 Å². The molecule has 0 amide bonds. The van der Waals surface area contributed by atoms with E-state index in [1.165, 1.54) is 19.3 Å². The molecule has 1 saturated heterocycles. The van der Waals surface area contributed by atoms with Crippen LogP contribution in [0, 0.1) is 6.92 Å². The number of piperazine rings is 1. The molecule has 22 heavy (non-hydrogen) atoms. The van der Waals surface area contributed by atoms with E-state index in [1.807, 2.05) is 14.0 Å². The summed E-state index contributed by atoms with van der Waals surface area (Å²) in [5, 5.41) is 3.36. The summed E-state index contributed by atoms with van der Waals surface area (Å²) < 4.78 is 7.91. The standard InChI is InChI=1S/C17H27N3O2/c1-13-12-15(20-10-8-18-9-11-20)16(17(21)19(13)2)22-14-6-4-3-5-7-14/h12,14,18H,3-11H2,1-2H3. The van der Waals surface area contributed by atoms with Crippen LogP contribution in [0.2, 0.25) is 0 Å². The monoisotopic (exact) mass is 305 g/mol. The molecule has 0 radical (unpaired) electrons. The van der Waals surface area contributed by atoms with E-state index < -0.39 is 0 Å². The molecule has 2 heterocycles. The summed E-state index contributed by atoms with van der Waals surface area (Å²) in [7, 11) is 1.83. The molecular weight excluding hydrogens is 278 g/mol. The van der Waals surface area contributed by atoms with Gasteiger partial charge in [-0.15, -0.1) is 0 Å². The van der Waals surface area contributed by atoms with E-state index in [-0.39, 0.29) is 11.7 Å². The van der Waals surface area contributed by atoms with Crippen LogP contribution in [0.1, 0.15) is 37.8 Å². The maximum absolute atomic E-state index is 12.7. The first-order valence-electron chi connectivity index (χ1n) is 8.50. The van der Waals surface area contributed by atoms with Crippen LogP contribution in [0.3, 0.4) is 0 Å². The second-order valence-corrected chi connectivity index (χ2v) is 6.48. The van der Waals surface area contributed by atoms with E-state index in [9.17, 15) is 4.79 Å². The predicted molar refractivity (Wildman–Crippen MR) is 89.0 cm³/mol. The van der Waals surface area contributed by atoms with Crippen LogP contribution in [0.25, 0.3) is 0 Å². The van der Waals surface area contributed by atoms with Crippen LogP contribution in [0.4, 0.5) is 5.69 Å². The molecule has 0 unspecified atom stereocenters. The van der Waals surface area contributed by atoms with Gasteiger partial charge in [0.05, 0.1) is 11.8 Å².